The van der Waals surface area contributed by atoms with Crippen LogP contribution >= 0.6 is 0 Å². The third kappa shape index (κ3) is 4.59. The molecule has 3 rings (SSSR count). The van der Waals surface area contributed by atoms with Crippen molar-refractivity contribution in [3.8, 4) is 11.8 Å². The smallest absolute Gasteiger partial charge is 0.210 e. The molecule has 2 aromatic heterocycles. The van der Waals surface area contributed by atoms with E-state index in [2.05, 4.69) is 33.5 Å². The predicted octanol–water partition coefficient (Wildman–Crippen LogP) is 2.81. The van der Waals surface area contributed by atoms with Crippen molar-refractivity contribution in [2.75, 3.05) is 6.61 Å². The molecule has 3 aromatic rings. The van der Waals surface area contributed by atoms with Crippen LogP contribution in [0.4, 0.5) is 0 Å². The van der Waals surface area contributed by atoms with Gasteiger partial charge in [0, 0.05) is 37.1 Å². The normalized spacial score (nSPS) is 10.5. The number of hydrogen-bond donors (Lipinski definition) is 1. The fraction of sp³-hybridized carbons (Fsp3) is 0.300. The van der Waals surface area contributed by atoms with Crippen LogP contribution in [0.3, 0.4) is 0 Å². The summed E-state index contributed by atoms with van der Waals surface area (Å²) >= 11 is 0. The molecule has 0 aliphatic heterocycles. The van der Waals surface area contributed by atoms with Gasteiger partial charge in [-0.15, -0.1) is 0 Å². The lowest BCUT2D eigenvalue weighted by molar-refractivity contribution is 0.288. The number of benzene rings is 1. The summed E-state index contributed by atoms with van der Waals surface area (Å²) in [5.74, 6) is 7.67. The molecular formula is C20H21N3O2. The topological polar surface area (TPSA) is 64.1 Å². The number of nitrogens with zero attached hydrogens (tertiary/aromatic N) is 3. The summed E-state index contributed by atoms with van der Waals surface area (Å²) in [6.07, 6.45) is 6.28. The fourth-order valence-electron chi connectivity index (χ4n) is 2.59. The highest BCUT2D eigenvalue weighted by atomic mass is 16.5. The number of imidazole rings is 1. The second kappa shape index (κ2) is 8.32. The Morgan fingerprint density at radius 2 is 2.04 bits per heavy atom. The maximum Gasteiger partial charge on any atom is 0.210 e. The lowest BCUT2D eigenvalue weighted by Crippen LogP contribution is -2.03. The number of aliphatic hydroxyl groups excluding tert-OH is 1. The Bertz CT molecular complexity index is 866. The zero-order chi connectivity index (χ0) is 17.5. The van der Waals surface area contributed by atoms with Crippen LogP contribution in [0, 0.1) is 11.8 Å². The van der Waals surface area contributed by atoms with Gasteiger partial charge in [0.05, 0.1) is 6.54 Å². The van der Waals surface area contributed by atoms with E-state index in [1.807, 2.05) is 36.5 Å². The Kier molecular flexibility index (Phi) is 5.65. The molecule has 0 unspecified atom stereocenters. The molecule has 25 heavy (non-hydrogen) atoms. The molecule has 0 saturated heterocycles. The molecule has 0 saturated carbocycles. The van der Waals surface area contributed by atoms with Crippen LogP contribution in [0.25, 0.3) is 0 Å². The van der Waals surface area contributed by atoms with Crippen LogP contribution in [0.2, 0.25) is 0 Å². The van der Waals surface area contributed by atoms with E-state index in [0.717, 1.165) is 36.3 Å². The van der Waals surface area contributed by atoms with Crippen LogP contribution < -0.4 is 0 Å². The Labute approximate surface area is 147 Å². The average Bonchev–Trinajstić information content (AvgIpc) is 3.28. The highest BCUT2D eigenvalue weighted by Gasteiger charge is 2.06. The van der Waals surface area contributed by atoms with E-state index in [0.29, 0.717) is 12.3 Å². The number of rotatable bonds is 6. The van der Waals surface area contributed by atoms with Crippen molar-refractivity contribution in [1.29, 1.82) is 0 Å². The van der Waals surface area contributed by atoms with Gasteiger partial charge in [-0.2, -0.15) is 0 Å². The molecule has 5 nitrogen and oxygen atoms in total. The van der Waals surface area contributed by atoms with Gasteiger partial charge in [-0.3, -0.25) is 0 Å². The van der Waals surface area contributed by atoms with E-state index in [1.54, 1.807) is 6.20 Å². The van der Waals surface area contributed by atoms with Gasteiger partial charge in [0.15, 0.2) is 0 Å². The average molecular weight is 335 g/mol. The molecule has 2 heterocycles. The summed E-state index contributed by atoms with van der Waals surface area (Å²) in [6.45, 7) is 2.93. The van der Waals surface area contributed by atoms with Gasteiger partial charge >= 0.3 is 0 Å². The standard InChI is InChI=1S/C20H21N3O2/c1-2-20-21-11-12-23(20)15-18-14-19(25-22-18)10-9-17-7-5-16(6-8-17)4-3-13-24/h5-8,11-12,14,24H,2-4,13,15H2,1H3. The van der Waals surface area contributed by atoms with Gasteiger partial charge in [-0.1, -0.05) is 30.1 Å². The summed E-state index contributed by atoms with van der Waals surface area (Å²) < 4.78 is 7.36. The van der Waals surface area contributed by atoms with Crippen LogP contribution in [0.5, 0.6) is 0 Å². The van der Waals surface area contributed by atoms with E-state index in [-0.39, 0.29) is 6.61 Å². The zero-order valence-electron chi connectivity index (χ0n) is 14.3. The molecule has 0 fully saturated rings. The van der Waals surface area contributed by atoms with Gasteiger partial charge in [-0.05, 0) is 36.5 Å². The zero-order valence-corrected chi connectivity index (χ0v) is 14.3. The molecule has 0 atom stereocenters. The van der Waals surface area contributed by atoms with Gasteiger partial charge in [-0.25, -0.2) is 4.98 Å². The molecule has 0 radical (unpaired) electrons. The van der Waals surface area contributed by atoms with Crippen molar-refractivity contribution in [2.45, 2.75) is 32.7 Å². The van der Waals surface area contributed by atoms with Gasteiger partial charge < -0.3 is 14.2 Å². The first kappa shape index (κ1) is 17.0. The Balaban J connectivity index is 1.64. The largest absolute Gasteiger partial charge is 0.396 e. The van der Waals surface area contributed by atoms with Crippen molar-refractivity contribution in [2.24, 2.45) is 0 Å². The number of hydrogen-bond acceptors (Lipinski definition) is 4. The molecule has 5 heteroatoms. The van der Waals surface area contributed by atoms with Crippen molar-refractivity contribution >= 4 is 0 Å². The van der Waals surface area contributed by atoms with Crippen molar-refractivity contribution in [3.05, 3.63) is 71.1 Å². The first-order chi connectivity index (χ1) is 12.3. The van der Waals surface area contributed by atoms with E-state index >= 15 is 0 Å². The fourth-order valence-corrected chi connectivity index (χ4v) is 2.59. The minimum absolute atomic E-state index is 0.216. The highest BCUT2D eigenvalue weighted by molar-refractivity contribution is 5.40. The second-order valence-corrected chi connectivity index (χ2v) is 5.78. The summed E-state index contributed by atoms with van der Waals surface area (Å²) in [6, 6.07) is 9.90. The SMILES string of the molecule is CCc1nccn1Cc1cc(C#Cc2ccc(CCCO)cc2)on1. The lowest BCUT2D eigenvalue weighted by Gasteiger charge is -2.02. The molecule has 1 N–H and O–H groups in total. The van der Waals surface area contributed by atoms with Crippen LogP contribution in [-0.4, -0.2) is 26.4 Å². The maximum atomic E-state index is 8.86. The highest BCUT2D eigenvalue weighted by Crippen LogP contribution is 2.09. The molecule has 0 aliphatic rings. The minimum atomic E-state index is 0.216. The molecule has 0 spiro atoms. The molecule has 0 bridgehead atoms. The first-order valence-electron chi connectivity index (χ1n) is 8.46. The number of aromatic nitrogens is 3. The second-order valence-electron chi connectivity index (χ2n) is 5.78. The van der Waals surface area contributed by atoms with Crippen molar-refractivity contribution < 1.29 is 9.63 Å². The molecule has 0 amide bonds. The van der Waals surface area contributed by atoms with Crippen LogP contribution in [0.15, 0.2) is 47.2 Å². The summed E-state index contributed by atoms with van der Waals surface area (Å²) in [4.78, 5) is 4.30. The van der Waals surface area contributed by atoms with Crippen molar-refractivity contribution in [3.63, 3.8) is 0 Å². The summed E-state index contributed by atoms with van der Waals surface area (Å²) in [5, 5.41) is 12.9. The Hall–Kier alpha value is -2.84. The van der Waals surface area contributed by atoms with Crippen molar-refractivity contribution in [1.82, 2.24) is 14.7 Å². The maximum absolute atomic E-state index is 8.86. The molecule has 128 valence electrons. The summed E-state index contributed by atoms with van der Waals surface area (Å²) in [5.41, 5.74) is 2.96. The minimum Gasteiger partial charge on any atom is -0.396 e. The third-order valence-electron chi connectivity index (χ3n) is 3.92. The molecule has 1 aromatic carbocycles. The van der Waals surface area contributed by atoms with Gasteiger partial charge in [0.25, 0.3) is 0 Å². The number of aryl methyl sites for hydroxylation is 2. The predicted molar refractivity (Wildman–Crippen MR) is 95.0 cm³/mol. The van der Waals surface area contributed by atoms with Crippen LogP contribution in [-0.2, 0) is 19.4 Å². The van der Waals surface area contributed by atoms with Gasteiger partial charge in [0.2, 0.25) is 5.76 Å². The Morgan fingerprint density at radius 1 is 1.20 bits per heavy atom. The van der Waals surface area contributed by atoms with Crippen LogP contribution in [0.1, 0.15) is 41.8 Å². The summed E-state index contributed by atoms with van der Waals surface area (Å²) in [7, 11) is 0. The van der Waals surface area contributed by atoms with E-state index < -0.39 is 0 Å². The lowest BCUT2D eigenvalue weighted by atomic mass is 10.1. The quantitative estimate of drug-likeness (QED) is 0.704. The van der Waals surface area contributed by atoms with Gasteiger partial charge in [0.1, 0.15) is 11.5 Å². The van der Waals surface area contributed by atoms with E-state index in [4.69, 9.17) is 9.63 Å². The molecule has 0 aliphatic carbocycles. The third-order valence-corrected chi connectivity index (χ3v) is 3.92. The van der Waals surface area contributed by atoms with E-state index in [9.17, 15) is 0 Å². The number of aliphatic hydroxyl groups is 1. The Morgan fingerprint density at radius 3 is 2.80 bits per heavy atom. The molecular weight excluding hydrogens is 314 g/mol. The van der Waals surface area contributed by atoms with E-state index in [1.165, 1.54) is 5.56 Å². The monoisotopic (exact) mass is 335 g/mol. The first-order valence-corrected chi connectivity index (χ1v) is 8.46.